The van der Waals surface area contributed by atoms with Crippen LogP contribution in [0.15, 0.2) is 54.1 Å². The van der Waals surface area contributed by atoms with Gasteiger partial charge in [-0.1, -0.05) is 12.1 Å². The monoisotopic (exact) mass is 417 g/mol. The number of halogens is 1. The summed E-state index contributed by atoms with van der Waals surface area (Å²) >= 11 is 0. The Balaban J connectivity index is 1.98. The summed E-state index contributed by atoms with van der Waals surface area (Å²) in [7, 11) is 0. The molecule has 0 bridgehead atoms. The summed E-state index contributed by atoms with van der Waals surface area (Å²) < 4.78 is 15.7. The van der Waals surface area contributed by atoms with Crippen LogP contribution in [0.5, 0.6) is 0 Å². The Labute approximate surface area is 178 Å². The smallest absolute Gasteiger partial charge is 0.335 e. The molecular formula is C24H20FN3O3. The number of anilines is 1. The minimum absolute atomic E-state index is 0.00623. The van der Waals surface area contributed by atoms with Crippen molar-refractivity contribution in [2.24, 2.45) is 0 Å². The average Bonchev–Trinajstić information content (AvgIpc) is 3.00. The summed E-state index contributed by atoms with van der Waals surface area (Å²) in [5.41, 5.74) is 3.87. The van der Waals surface area contributed by atoms with Crippen molar-refractivity contribution in [1.29, 1.82) is 5.26 Å². The van der Waals surface area contributed by atoms with E-state index in [0.717, 1.165) is 22.6 Å². The molecule has 0 aliphatic rings. The van der Waals surface area contributed by atoms with Crippen molar-refractivity contribution in [3.8, 4) is 11.8 Å². The van der Waals surface area contributed by atoms with Crippen molar-refractivity contribution in [1.82, 2.24) is 4.57 Å². The first-order chi connectivity index (χ1) is 14.7. The molecule has 2 N–H and O–H groups in total. The Morgan fingerprint density at radius 2 is 1.84 bits per heavy atom. The Morgan fingerprint density at radius 1 is 1.13 bits per heavy atom. The number of carboxylic acids is 1. The van der Waals surface area contributed by atoms with Gasteiger partial charge in [0, 0.05) is 17.1 Å². The number of aromatic carboxylic acids is 1. The van der Waals surface area contributed by atoms with E-state index in [2.05, 4.69) is 5.32 Å². The first kappa shape index (κ1) is 21.5. The zero-order chi connectivity index (χ0) is 22.7. The number of aryl methyl sites for hydroxylation is 2. The number of aromatic nitrogens is 1. The number of nitrogens with zero attached hydrogens (tertiary/aromatic N) is 2. The second kappa shape index (κ2) is 8.67. The topological polar surface area (TPSA) is 95.1 Å². The predicted molar refractivity (Wildman–Crippen MR) is 116 cm³/mol. The Morgan fingerprint density at radius 3 is 2.45 bits per heavy atom. The Hall–Kier alpha value is -4.18. The van der Waals surface area contributed by atoms with Crippen LogP contribution in [0.3, 0.4) is 0 Å². The number of carbonyl (C=O) groups excluding carboxylic acids is 1. The van der Waals surface area contributed by atoms with Gasteiger partial charge in [-0.15, -0.1) is 0 Å². The molecule has 0 radical (unpaired) electrons. The van der Waals surface area contributed by atoms with Crippen molar-refractivity contribution < 1.29 is 19.1 Å². The molecule has 0 fully saturated rings. The number of hydrogen-bond donors (Lipinski definition) is 2. The molecule has 0 saturated carbocycles. The molecule has 156 valence electrons. The van der Waals surface area contributed by atoms with Gasteiger partial charge in [0.25, 0.3) is 5.91 Å². The van der Waals surface area contributed by atoms with E-state index >= 15 is 0 Å². The number of rotatable bonds is 5. The molecule has 1 heterocycles. The van der Waals surface area contributed by atoms with E-state index < -0.39 is 17.7 Å². The summed E-state index contributed by atoms with van der Waals surface area (Å²) in [6.07, 6.45) is 1.45. The number of nitriles is 1. The number of benzene rings is 2. The van der Waals surface area contributed by atoms with Gasteiger partial charge in [0.05, 0.1) is 11.3 Å². The van der Waals surface area contributed by atoms with Crippen molar-refractivity contribution in [2.45, 2.75) is 20.8 Å². The van der Waals surface area contributed by atoms with E-state index in [9.17, 15) is 24.3 Å². The molecule has 0 aliphatic heterocycles. The summed E-state index contributed by atoms with van der Waals surface area (Å²) in [5.74, 6) is -2.30. The maximum Gasteiger partial charge on any atom is 0.335 e. The zero-order valence-electron chi connectivity index (χ0n) is 17.2. The summed E-state index contributed by atoms with van der Waals surface area (Å²) in [5, 5.41) is 21.1. The predicted octanol–water partition coefficient (Wildman–Crippen LogP) is 4.79. The standard InChI is InChI=1S/C24H20FN3O3/c1-14-10-17(24(30)31)8-9-22(14)28-15(2)11-18(16(28)3)12-19(13-26)23(29)27-21-7-5-4-6-20(21)25/h4-12H,1-3H3,(H,27,29)(H,30,31)/b19-12-. The fourth-order valence-corrected chi connectivity index (χ4v) is 3.40. The van der Waals surface area contributed by atoms with Gasteiger partial charge in [0.15, 0.2) is 0 Å². The van der Waals surface area contributed by atoms with Gasteiger partial charge in [-0.3, -0.25) is 4.79 Å². The van der Waals surface area contributed by atoms with Gasteiger partial charge >= 0.3 is 5.97 Å². The molecule has 2 aromatic carbocycles. The molecular weight excluding hydrogens is 397 g/mol. The maximum atomic E-state index is 13.8. The quantitative estimate of drug-likeness (QED) is 0.461. The fraction of sp³-hybridized carbons (Fsp3) is 0.125. The number of amides is 1. The lowest BCUT2D eigenvalue weighted by Gasteiger charge is -2.13. The van der Waals surface area contributed by atoms with Crippen LogP contribution in [-0.2, 0) is 4.79 Å². The highest BCUT2D eigenvalue weighted by Crippen LogP contribution is 2.26. The number of carbonyl (C=O) groups is 2. The normalized spacial score (nSPS) is 11.1. The van der Waals surface area contributed by atoms with Gasteiger partial charge < -0.3 is 15.0 Å². The van der Waals surface area contributed by atoms with Crippen LogP contribution in [0.2, 0.25) is 0 Å². The summed E-state index contributed by atoms with van der Waals surface area (Å²) in [6, 6.07) is 14.3. The van der Waals surface area contributed by atoms with Crippen molar-refractivity contribution >= 4 is 23.6 Å². The molecule has 3 aromatic rings. The molecule has 0 spiro atoms. The highest BCUT2D eigenvalue weighted by Gasteiger charge is 2.16. The van der Waals surface area contributed by atoms with E-state index in [-0.39, 0.29) is 16.8 Å². The van der Waals surface area contributed by atoms with Crippen LogP contribution in [0.4, 0.5) is 10.1 Å². The number of para-hydroxylation sites is 1. The van der Waals surface area contributed by atoms with Gasteiger partial charge in [0.1, 0.15) is 17.5 Å². The van der Waals surface area contributed by atoms with Crippen LogP contribution in [0.1, 0.15) is 32.9 Å². The number of carboxylic acid groups (broad SMARTS) is 1. The summed E-state index contributed by atoms with van der Waals surface area (Å²) in [6.45, 7) is 5.53. The SMILES string of the molecule is Cc1cc(C(=O)O)ccc1-n1c(C)cc(/C=C(/C#N)C(=O)Nc2ccccc2F)c1C. The summed E-state index contributed by atoms with van der Waals surface area (Å²) in [4.78, 5) is 23.7. The van der Waals surface area contributed by atoms with E-state index in [1.54, 1.807) is 18.2 Å². The maximum absolute atomic E-state index is 13.8. The zero-order valence-corrected chi connectivity index (χ0v) is 17.2. The highest BCUT2D eigenvalue weighted by atomic mass is 19.1. The van der Waals surface area contributed by atoms with Gasteiger partial charge in [-0.05, 0) is 74.4 Å². The molecule has 0 unspecified atom stereocenters. The van der Waals surface area contributed by atoms with Gasteiger partial charge in [0.2, 0.25) is 0 Å². The lowest BCUT2D eigenvalue weighted by atomic mass is 10.1. The third-order valence-corrected chi connectivity index (χ3v) is 4.94. The largest absolute Gasteiger partial charge is 0.478 e. The van der Waals surface area contributed by atoms with Crippen LogP contribution in [-0.4, -0.2) is 21.6 Å². The molecule has 31 heavy (non-hydrogen) atoms. The van der Waals surface area contributed by atoms with Crippen molar-refractivity contribution in [3.05, 3.63) is 88.0 Å². The van der Waals surface area contributed by atoms with Crippen LogP contribution in [0, 0.1) is 37.9 Å². The highest BCUT2D eigenvalue weighted by molar-refractivity contribution is 6.09. The lowest BCUT2D eigenvalue weighted by molar-refractivity contribution is -0.112. The minimum atomic E-state index is -1.00. The van der Waals surface area contributed by atoms with Gasteiger partial charge in [-0.2, -0.15) is 5.26 Å². The third kappa shape index (κ3) is 4.38. The van der Waals surface area contributed by atoms with E-state index in [1.165, 1.54) is 30.3 Å². The van der Waals surface area contributed by atoms with Crippen LogP contribution < -0.4 is 5.32 Å². The first-order valence-electron chi connectivity index (χ1n) is 9.44. The lowest BCUT2D eigenvalue weighted by Crippen LogP contribution is -2.14. The van der Waals surface area contributed by atoms with Crippen molar-refractivity contribution in [3.63, 3.8) is 0 Å². The Kier molecular flexibility index (Phi) is 6.02. The molecule has 0 aliphatic carbocycles. The van der Waals surface area contributed by atoms with Crippen molar-refractivity contribution in [2.75, 3.05) is 5.32 Å². The second-order valence-electron chi connectivity index (χ2n) is 7.07. The molecule has 1 aromatic heterocycles. The van der Waals surface area contributed by atoms with Crippen LogP contribution >= 0.6 is 0 Å². The first-order valence-corrected chi connectivity index (χ1v) is 9.44. The molecule has 0 saturated heterocycles. The molecule has 1 amide bonds. The molecule has 7 heteroatoms. The minimum Gasteiger partial charge on any atom is -0.478 e. The molecule has 3 rings (SSSR count). The third-order valence-electron chi connectivity index (χ3n) is 4.94. The number of hydrogen-bond acceptors (Lipinski definition) is 3. The average molecular weight is 417 g/mol. The second-order valence-corrected chi connectivity index (χ2v) is 7.07. The number of nitrogens with one attached hydrogen (secondary N) is 1. The Bertz CT molecular complexity index is 1270. The van der Waals surface area contributed by atoms with E-state index in [0.29, 0.717) is 5.56 Å². The molecule has 6 nitrogen and oxygen atoms in total. The molecule has 0 atom stereocenters. The van der Waals surface area contributed by atoms with Crippen LogP contribution in [0.25, 0.3) is 11.8 Å². The van der Waals surface area contributed by atoms with Gasteiger partial charge in [-0.25, -0.2) is 9.18 Å². The van der Waals surface area contributed by atoms with E-state index in [1.807, 2.05) is 37.5 Å². The van der Waals surface area contributed by atoms with E-state index in [4.69, 9.17) is 0 Å². The fourth-order valence-electron chi connectivity index (χ4n) is 3.40.